The Bertz CT molecular complexity index is 1280. The van der Waals surface area contributed by atoms with Crippen LogP contribution in [0.2, 0.25) is 0 Å². The Morgan fingerprint density at radius 1 is 1.23 bits per heavy atom. The second-order valence-electron chi connectivity index (χ2n) is 11.4. The highest BCUT2D eigenvalue weighted by molar-refractivity contribution is 8.04. The number of anilines is 1. The molecule has 1 aromatic carbocycles. The molecule has 1 aliphatic rings. The fourth-order valence-electron chi connectivity index (χ4n) is 3.85. The summed E-state index contributed by atoms with van der Waals surface area (Å²) in [6, 6.07) is 5.08. The number of amides is 2. The van der Waals surface area contributed by atoms with Crippen molar-refractivity contribution in [3.63, 3.8) is 0 Å². The lowest BCUT2D eigenvalue weighted by molar-refractivity contribution is -0.139. The van der Waals surface area contributed by atoms with Gasteiger partial charge in [-0.15, -0.1) is 0 Å². The number of nitrogens with one attached hydrogen (secondary N) is 1. The molecule has 0 atom stereocenters. The number of aliphatic imine (C=N–C) groups is 1. The summed E-state index contributed by atoms with van der Waals surface area (Å²) in [4.78, 5) is 43.5. The molecule has 1 fully saturated rings. The molecule has 2 amide bonds. The maximum absolute atomic E-state index is 12.9. The second-order valence-corrected chi connectivity index (χ2v) is 12.4. The standard InChI is InChI=1S/C24H32N6O3S.C5H10O2.CH5N/c1-16-7-8-18(31)17(2)22(16)26-23(33)19(13-25-5)34-20-9-10-30(27-20)14-21(32)29-12-11-28(6)24(3,4)15-29;1-5(2,3)7-4-6;1-2/h7-10,13,31H,5,11-12,14-15H2,1-4,6H3,(H,26,33);4H,1-3H3;2H2,1H3/b19-13-;;. The SMILES string of the molecule is C=N/C=C(\Sc1ccn(CC(=O)N2CCN(C)C(C)(C)C2)n1)C(=O)Nc1c(C)ccc(O)c1C.CC(C)(C)OC=O.CN. The Kier molecular flexibility index (Phi) is 14.6. The smallest absolute Gasteiger partial charge is 0.293 e. The van der Waals surface area contributed by atoms with Gasteiger partial charge in [0.05, 0.1) is 10.6 Å². The van der Waals surface area contributed by atoms with E-state index in [1.165, 1.54) is 13.2 Å². The molecule has 3 rings (SSSR count). The summed E-state index contributed by atoms with van der Waals surface area (Å²) in [5, 5.41) is 17.8. The number of nitrogens with zero attached hydrogens (tertiary/aromatic N) is 5. The summed E-state index contributed by atoms with van der Waals surface area (Å²) >= 11 is 1.13. The molecule has 0 spiro atoms. The van der Waals surface area contributed by atoms with Gasteiger partial charge in [-0.3, -0.25) is 29.0 Å². The van der Waals surface area contributed by atoms with Gasteiger partial charge >= 0.3 is 0 Å². The topological polar surface area (TPSA) is 155 Å². The number of aryl methyl sites for hydroxylation is 1. The zero-order valence-corrected chi connectivity index (χ0v) is 27.6. The van der Waals surface area contributed by atoms with Crippen molar-refractivity contribution in [2.24, 2.45) is 10.7 Å². The van der Waals surface area contributed by atoms with E-state index in [1.54, 1.807) is 36.0 Å². The quantitative estimate of drug-likeness (QED) is 0.174. The number of carbonyl (C=O) groups excluding carboxylic acids is 3. The van der Waals surface area contributed by atoms with E-state index in [0.717, 1.165) is 23.9 Å². The van der Waals surface area contributed by atoms with Crippen LogP contribution in [0.5, 0.6) is 5.75 Å². The number of thioether (sulfide) groups is 1. The average Bonchev–Trinajstić information content (AvgIpc) is 3.37. The van der Waals surface area contributed by atoms with Crippen LogP contribution in [-0.2, 0) is 25.7 Å². The van der Waals surface area contributed by atoms with Crippen LogP contribution in [0.3, 0.4) is 0 Å². The van der Waals surface area contributed by atoms with Gasteiger partial charge in [-0.2, -0.15) is 5.10 Å². The normalized spacial score (nSPS) is 14.8. The first-order valence-electron chi connectivity index (χ1n) is 13.7. The van der Waals surface area contributed by atoms with Crippen molar-refractivity contribution < 1.29 is 24.2 Å². The Labute approximate surface area is 259 Å². The molecule has 1 saturated heterocycles. The predicted octanol–water partition coefficient (Wildman–Crippen LogP) is 3.56. The van der Waals surface area contributed by atoms with E-state index in [9.17, 15) is 19.5 Å². The van der Waals surface area contributed by atoms with Crippen LogP contribution in [0, 0.1) is 13.8 Å². The van der Waals surface area contributed by atoms with E-state index in [2.05, 4.69) is 58.4 Å². The van der Waals surface area contributed by atoms with Gasteiger partial charge in [-0.05, 0) is 87.0 Å². The molecule has 0 radical (unpaired) electrons. The number of likely N-dealkylation sites (N-methyl/N-ethyl adjacent to an activating group) is 1. The summed E-state index contributed by atoms with van der Waals surface area (Å²) in [6.45, 7) is 19.5. The van der Waals surface area contributed by atoms with E-state index in [0.29, 0.717) is 35.8 Å². The molecular formula is C30H47N7O5S. The third kappa shape index (κ3) is 11.8. The van der Waals surface area contributed by atoms with Gasteiger partial charge < -0.3 is 25.8 Å². The van der Waals surface area contributed by atoms with Gasteiger partial charge in [0.15, 0.2) is 0 Å². The lowest BCUT2D eigenvalue weighted by Crippen LogP contribution is -2.59. The highest BCUT2D eigenvalue weighted by Gasteiger charge is 2.33. The number of aromatic nitrogens is 2. The number of aromatic hydroxyl groups is 1. The molecule has 0 bridgehead atoms. The van der Waals surface area contributed by atoms with E-state index in [1.807, 2.05) is 32.6 Å². The molecular weight excluding hydrogens is 570 g/mol. The molecule has 0 aliphatic carbocycles. The van der Waals surface area contributed by atoms with Crippen molar-refractivity contribution in [3.8, 4) is 5.75 Å². The zero-order valence-electron chi connectivity index (χ0n) is 26.8. The van der Waals surface area contributed by atoms with Crippen LogP contribution >= 0.6 is 11.8 Å². The zero-order chi connectivity index (χ0) is 33.0. The number of nitrogens with two attached hydrogens (primary N) is 1. The number of hydrogen-bond acceptors (Lipinski definition) is 10. The maximum atomic E-state index is 12.9. The third-order valence-corrected chi connectivity index (χ3v) is 7.45. The summed E-state index contributed by atoms with van der Waals surface area (Å²) in [6.07, 6.45) is 3.09. The first kappa shape index (κ1) is 37.3. The third-order valence-electron chi connectivity index (χ3n) is 6.51. The Hall–Kier alpha value is -3.68. The van der Waals surface area contributed by atoms with Crippen LogP contribution < -0.4 is 11.1 Å². The van der Waals surface area contributed by atoms with Crippen molar-refractivity contribution in [1.82, 2.24) is 19.6 Å². The van der Waals surface area contributed by atoms with Crippen molar-refractivity contribution >= 4 is 42.5 Å². The highest BCUT2D eigenvalue weighted by Crippen LogP contribution is 2.31. The van der Waals surface area contributed by atoms with Gasteiger partial charge in [0, 0.05) is 43.1 Å². The largest absolute Gasteiger partial charge is 0.508 e. The van der Waals surface area contributed by atoms with Crippen molar-refractivity contribution in [2.45, 2.75) is 71.2 Å². The van der Waals surface area contributed by atoms with Crippen molar-refractivity contribution in [3.05, 3.63) is 46.6 Å². The van der Waals surface area contributed by atoms with Crippen LogP contribution in [-0.4, -0.2) is 94.6 Å². The molecule has 0 saturated carbocycles. The molecule has 0 unspecified atom stereocenters. The van der Waals surface area contributed by atoms with E-state index < -0.39 is 0 Å². The van der Waals surface area contributed by atoms with Crippen LogP contribution in [0.1, 0.15) is 45.7 Å². The number of phenols is 1. The van der Waals surface area contributed by atoms with E-state index >= 15 is 0 Å². The van der Waals surface area contributed by atoms with Crippen LogP contribution in [0.25, 0.3) is 0 Å². The van der Waals surface area contributed by atoms with Gasteiger partial charge in [0.1, 0.15) is 22.9 Å². The Balaban J connectivity index is 0.000000901. The van der Waals surface area contributed by atoms with Crippen molar-refractivity contribution in [1.29, 1.82) is 0 Å². The Morgan fingerprint density at radius 2 is 1.88 bits per heavy atom. The van der Waals surface area contributed by atoms with Crippen LogP contribution in [0.15, 0.2) is 45.5 Å². The van der Waals surface area contributed by atoms with Crippen molar-refractivity contribution in [2.75, 3.05) is 39.0 Å². The average molecular weight is 618 g/mol. The molecule has 43 heavy (non-hydrogen) atoms. The molecule has 2 heterocycles. The minimum Gasteiger partial charge on any atom is -0.508 e. The number of phenolic OH excluding ortho intramolecular Hbond substituents is 1. The molecule has 1 aromatic heterocycles. The van der Waals surface area contributed by atoms with E-state index in [-0.39, 0.29) is 40.2 Å². The number of ether oxygens (including phenoxy) is 1. The van der Waals surface area contributed by atoms with Gasteiger partial charge in [-0.1, -0.05) is 17.8 Å². The molecule has 13 heteroatoms. The molecule has 2 aromatic rings. The minimum atomic E-state index is -0.389. The summed E-state index contributed by atoms with van der Waals surface area (Å²) in [5.74, 6) is -0.274. The van der Waals surface area contributed by atoms with Gasteiger partial charge in [0.2, 0.25) is 5.91 Å². The Morgan fingerprint density at radius 3 is 2.42 bits per heavy atom. The first-order valence-corrected chi connectivity index (χ1v) is 14.6. The summed E-state index contributed by atoms with van der Waals surface area (Å²) < 4.78 is 6.13. The van der Waals surface area contributed by atoms with Crippen LogP contribution in [0.4, 0.5) is 5.69 Å². The molecule has 4 N–H and O–H groups in total. The second kappa shape index (κ2) is 16.8. The number of piperazine rings is 1. The lowest BCUT2D eigenvalue weighted by atomic mass is 10.00. The van der Waals surface area contributed by atoms with Gasteiger partial charge in [0.25, 0.3) is 12.4 Å². The summed E-state index contributed by atoms with van der Waals surface area (Å²) in [5.41, 5.74) is 6.07. The van der Waals surface area contributed by atoms with E-state index in [4.69, 9.17) is 0 Å². The molecule has 238 valence electrons. The molecule has 1 aliphatic heterocycles. The highest BCUT2D eigenvalue weighted by atomic mass is 32.2. The monoisotopic (exact) mass is 617 g/mol. The fourth-order valence-corrected chi connectivity index (χ4v) is 4.62. The maximum Gasteiger partial charge on any atom is 0.293 e. The van der Waals surface area contributed by atoms with Gasteiger partial charge in [-0.25, -0.2) is 0 Å². The fraction of sp³-hybridized carbons (Fsp3) is 0.500. The lowest BCUT2D eigenvalue weighted by Gasteiger charge is -2.45. The predicted molar refractivity (Wildman–Crippen MR) is 172 cm³/mol. The number of carbonyl (C=O) groups is 3. The molecule has 12 nitrogen and oxygen atoms in total. The first-order chi connectivity index (χ1) is 20.1. The number of hydrogen-bond donors (Lipinski definition) is 3. The number of rotatable bonds is 8. The number of benzene rings is 1. The minimum absolute atomic E-state index is 0.0110. The summed E-state index contributed by atoms with van der Waals surface area (Å²) in [7, 11) is 3.57.